The average molecular weight is 466 g/mol. The van der Waals surface area contributed by atoms with Crippen molar-refractivity contribution >= 4 is 45.9 Å². The van der Waals surface area contributed by atoms with Crippen LogP contribution in [-0.2, 0) is 20.9 Å². The molecule has 0 saturated heterocycles. The number of nitrogens with one attached hydrogen (secondary N) is 1. The maximum atomic E-state index is 13.0. The first-order valence-corrected chi connectivity index (χ1v) is 10.1. The van der Waals surface area contributed by atoms with Crippen LogP contribution in [-0.4, -0.2) is 31.8 Å². The highest BCUT2D eigenvalue weighted by Crippen LogP contribution is 2.28. The Morgan fingerprint density at radius 3 is 2.55 bits per heavy atom. The first kappa shape index (κ1) is 21.9. The Bertz CT molecular complexity index is 1340. The third kappa shape index (κ3) is 4.96. The molecule has 1 unspecified atom stereocenters. The lowest BCUT2D eigenvalue weighted by molar-refractivity contribution is -0.384. The standard InChI is InChI=1S/C22H16ClN5O5/c23-16-12-15(28(31)32)10-11-17(16)24-22(30)21(14-6-2-1-3-7-14)33-20(29)13-27-19-9-5-4-8-18(19)25-26-27/h1-12,21H,13H2,(H,24,30). The second-order valence-electron chi connectivity index (χ2n) is 6.93. The summed E-state index contributed by atoms with van der Waals surface area (Å²) in [5.74, 6) is -1.38. The summed E-state index contributed by atoms with van der Waals surface area (Å²) in [6.07, 6.45) is -1.29. The summed E-state index contributed by atoms with van der Waals surface area (Å²) in [5.41, 5.74) is 1.63. The van der Waals surface area contributed by atoms with Crippen LogP contribution in [0, 0.1) is 10.1 Å². The molecular formula is C22H16ClN5O5. The fourth-order valence-corrected chi connectivity index (χ4v) is 3.37. The smallest absolute Gasteiger partial charge is 0.328 e. The van der Waals surface area contributed by atoms with Crippen LogP contribution in [0.4, 0.5) is 11.4 Å². The van der Waals surface area contributed by atoms with Crippen LogP contribution in [0.1, 0.15) is 11.7 Å². The summed E-state index contributed by atoms with van der Waals surface area (Å²) in [7, 11) is 0. The Balaban J connectivity index is 1.54. The molecule has 33 heavy (non-hydrogen) atoms. The minimum absolute atomic E-state index is 0.0234. The summed E-state index contributed by atoms with van der Waals surface area (Å²) >= 11 is 6.08. The van der Waals surface area contributed by atoms with Crippen LogP contribution in [0.3, 0.4) is 0 Å². The summed E-state index contributed by atoms with van der Waals surface area (Å²) < 4.78 is 6.88. The molecular weight excluding hydrogens is 450 g/mol. The van der Waals surface area contributed by atoms with Gasteiger partial charge in [0, 0.05) is 17.7 Å². The van der Waals surface area contributed by atoms with Crippen LogP contribution in [0.5, 0.6) is 0 Å². The Kier molecular flexibility index (Phi) is 6.27. The van der Waals surface area contributed by atoms with Gasteiger partial charge in [-0.2, -0.15) is 0 Å². The molecule has 11 heteroatoms. The van der Waals surface area contributed by atoms with Crippen molar-refractivity contribution in [3.8, 4) is 0 Å². The number of halogens is 1. The predicted molar refractivity (Wildman–Crippen MR) is 120 cm³/mol. The van der Waals surface area contributed by atoms with E-state index in [0.717, 1.165) is 6.07 Å². The molecule has 4 rings (SSSR count). The number of anilines is 1. The van der Waals surface area contributed by atoms with Crippen molar-refractivity contribution < 1.29 is 19.2 Å². The number of nitro groups is 1. The van der Waals surface area contributed by atoms with E-state index in [1.165, 1.54) is 16.8 Å². The second-order valence-corrected chi connectivity index (χ2v) is 7.33. The van der Waals surface area contributed by atoms with Crippen LogP contribution < -0.4 is 5.32 Å². The van der Waals surface area contributed by atoms with Crippen molar-refractivity contribution in [3.05, 3.63) is 93.5 Å². The zero-order chi connectivity index (χ0) is 23.4. The minimum Gasteiger partial charge on any atom is -0.446 e. The Morgan fingerprint density at radius 2 is 1.82 bits per heavy atom. The highest BCUT2D eigenvalue weighted by atomic mass is 35.5. The number of carbonyl (C=O) groups is 2. The average Bonchev–Trinajstić information content (AvgIpc) is 3.22. The third-order valence-corrected chi connectivity index (χ3v) is 5.02. The van der Waals surface area contributed by atoms with Gasteiger partial charge in [-0.3, -0.25) is 19.7 Å². The summed E-state index contributed by atoms with van der Waals surface area (Å²) in [5, 5.41) is 21.4. The highest BCUT2D eigenvalue weighted by molar-refractivity contribution is 6.34. The maximum Gasteiger partial charge on any atom is 0.328 e. The Hall–Kier alpha value is -4.31. The van der Waals surface area contributed by atoms with Crippen molar-refractivity contribution in [2.24, 2.45) is 0 Å². The number of esters is 1. The topological polar surface area (TPSA) is 129 Å². The molecule has 3 aromatic carbocycles. The number of hydrogen-bond donors (Lipinski definition) is 1. The van der Waals surface area contributed by atoms with Gasteiger partial charge in [0.25, 0.3) is 11.6 Å². The zero-order valence-corrected chi connectivity index (χ0v) is 17.7. The van der Waals surface area contributed by atoms with Crippen LogP contribution in [0.15, 0.2) is 72.8 Å². The van der Waals surface area contributed by atoms with Crippen molar-refractivity contribution in [1.82, 2.24) is 15.0 Å². The number of fused-ring (bicyclic) bond motifs is 1. The van der Waals surface area contributed by atoms with Gasteiger partial charge in [-0.25, -0.2) is 4.68 Å². The maximum absolute atomic E-state index is 13.0. The van der Waals surface area contributed by atoms with E-state index in [2.05, 4.69) is 15.6 Å². The predicted octanol–water partition coefficient (Wildman–Crippen LogP) is 3.92. The van der Waals surface area contributed by atoms with E-state index in [1.807, 2.05) is 0 Å². The van der Waals surface area contributed by atoms with Gasteiger partial charge in [0.05, 0.1) is 21.2 Å². The summed E-state index contributed by atoms with van der Waals surface area (Å²) in [4.78, 5) is 36.0. The molecule has 1 aromatic heterocycles. The van der Waals surface area contributed by atoms with Crippen molar-refractivity contribution in [3.63, 3.8) is 0 Å². The molecule has 1 atom stereocenters. The molecule has 166 valence electrons. The highest BCUT2D eigenvalue weighted by Gasteiger charge is 2.26. The second kappa shape index (κ2) is 9.45. The molecule has 0 aliphatic rings. The fraction of sp³-hybridized carbons (Fsp3) is 0.0909. The molecule has 0 aliphatic carbocycles. The molecule has 1 heterocycles. The molecule has 1 N–H and O–H groups in total. The van der Waals surface area contributed by atoms with Gasteiger partial charge in [0.15, 0.2) is 0 Å². The van der Waals surface area contributed by atoms with E-state index in [4.69, 9.17) is 16.3 Å². The molecule has 0 spiro atoms. The lowest BCUT2D eigenvalue weighted by Gasteiger charge is -2.18. The van der Waals surface area contributed by atoms with E-state index in [1.54, 1.807) is 54.6 Å². The number of nitrogens with zero attached hydrogens (tertiary/aromatic N) is 4. The first-order chi connectivity index (χ1) is 15.9. The lowest BCUT2D eigenvalue weighted by Crippen LogP contribution is -2.27. The molecule has 4 aromatic rings. The normalized spacial score (nSPS) is 11.7. The SMILES string of the molecule is O=C(Cn1nnc2ccccc21)OC(C(=O)Nc1ccc([N+](=O)[O-])cc1Cl)c1ccccc1. The van der Waals surface area contributed by atoms with Gasteiger partial charge in [-0.15, -0.1) is 5.10 Å². The third-order valence-electron chi connectivity index (χ3n) is 4.71. The first-order valence-electron chi connectivity index (χ1n) is 9.70. The molecule has 0 radical (unpaired) electrons. The van der Waals surface area contributed by atoms with Crippen LogP contribution in [0.25, 0.3) is 11.0 Å². The van der Waals surface area contributed by atoms with Gasteiger partial charge in [-0.1, -0.05) is 59.3 Å². The van der Waals surface area contributed by atoms with E-state index in [-0.39, 0.29) is 22.9 Å². The number of para-hydroxylation sites is 1. The number of ether oxygens (including phenoxy) is 1. The van der Waals surface area contributed by atoms with Crippen molar-refractivity contribution in [2.45, 2.75) is 12.6 Å². The number of benzene rings is 3. The van der Waals surface area contributed by atoms with E-state index < -0.39 is 22.9 Å². The van der Waals surface area contributed by atoms with Gasteiger partial charge < -0.3 is 10.1 Å². The number of rotatable bonds is 7. The number of carbonyl (C=O) groups excluding carboxylic acids is 2. The van der Waals surface area contributed by atoms with E-state index in [9.17, 15) is 19.7 Å². The number of hydrogen-bond acceptors (Lipinski definition) is 7. The minimum atomic E-state index is -1.29. The monoisotopic (exact) mass is 465 g/mol. The fourth-order valence-electron chi connectivity index (χ4n) is 3.14. The Morgan fingerprint density at radius 1 is 1.09 bits per heavy atom. The zero-order valence-electron chi connectivity index (χ0n) is 16.9. The van der Waals surface area contributed by atoms with Gasteiger partial charge >= 0.3 is 5.97 Å². The molecule has 10 nitrogen and oxygen atoms in total. The Labute approximate surface area is 191 Å². The summed E-state index contributed by atoms with van der Waals surface area (Å²) in [6.45, 7) is -0.255. The molecule has 1 amide bonds. The number of aromatic nitrogens is 3. The molecule has 0 aliphatic heterocycles. The van der Waals surface area contributed by atoms with Crippen LogP contribution in [0.2, 0.25) is 5.02 Å². The largest absolute Gasteiger partial charge is 0.446 e. The summed E-state index contributed by atoms with van der Waals surface area (Å²) in [6, 6.07) is 19.2. The number of amides is 1. The molecule has 0 saturated carbocycles. The van der Waals surface area contributed by atoms with Gasteiger partial charge in [-0.05, 0) is 18.2 Å². The van der Waals surface area contributed by atoms with Gasteiger partial charge in [0.1, 0.15) is 12.1 Å². The van der Waals surface area contributed by atoms with Crippen molar-refractivity contribution in [1.29, 1.82) is 0 Å². The van der Waals surface area contributed by atoms with Crippen LogP contribution >= 0.6 is 11.6 Å². The quantitative estimate of drug-likeness (QED) is 0.249. The van der Waals surface area contributed by atoms with Gasteiger partial charge in [0.2, 0.25) is 6.10 Å². The number of non-ortho nitro benzene ring substituents is 1. The van der Waals surface area contributed by atoms with E-state index >= 15 is 0 Å². The number of nitro benzene ring substituents is 1. The molecule has 0 fully saturated rings. The molecule has 0 bridgehead atoms. The lowest BCUT2D eigenvalue weighted by atomic mass is 10.1. The van der Waals surface area contributed by atoms with E-state index in [0.29, 0.717) is 16.6 Å². The van der Waals surface area contributed by atoms with Crippen molar-refractivity contribution in [2.75, 3.05) is 5.32 Å².